The van der Waals surface area contributed by atoms with Gasteiger partial charge in [-0.15, -0.1) is 0 Å². The minimum absolute atomic E-state index is 0.107. The first-order valence-corrected chi connectivity index (χ1v) is 3.61. The number of nitrogens with zero attached hydrogens (tertiary/aromatic N) is 4. The van der Waals surface area contributed by atoms with Gasteiger partial charge in [-0.05, 0) is 0 Å². The van der Waals surface area contributed by atoms with E-state index in [-0.39, 0.29) is 5.82 Å². The fraction of sp³-hybridized carbons (Fsp3) is 0. The molecule has 7 nitrogen and oxygen atoms in total. The highest BCUT2D eigenvalue weighted by molar-refractivity contribution is 5.82. The first-order chi connectivity index (χ1) is 6.77. The molecule has 0 aliphatic rings. The maximum Gasteiger partial charge on any atom is 0.394 e. The Morgan fingerprint density at radius 2 is 2.29 bits per heavy atom. The number of hydrogen-bond donors (Lipinski definition) is 1. The molecule has 0 amide bonds. The van der Waals surface area contributed by atoms with Crippen LogP contribution < -0.4 is 0 Å². The van der Waals surface area contributed by atoms with Gasteiger partial charge in [0.25, 0.3) is 0 Å². The largest absolute Gasteiger partial charge is 0.474 e. The molecule has 0 atom stereocenters. The van der Waals surface area contributed by atoms with Crippen LogP contribution >= 0.6 is 0 Å². The summed E-state index contributed by atoms with van der Waals surface area (Å²) in [4.78, 5) is 21.7. The number of aromatic carboxylic acids is 1. The minimum atomic E-state index is -1.27. The second-order valence-electron chi connectivity index (χ2n) is 2.32. The molecule has 0 unspecified atom stereocenters. The zero-order chi connectivity index (χ0) is 9.97. The Morgan fingerprint density at radius 1 is 1.43 bits per heavy atom. The summed E-state index contributed by atoms with van der Waals surface area (Å²) in [6.07, 6.45) is 4.35. The van der Waals surface area contributed by atoms with Gasteiger partial charge in [0.15, 0.2) is 0 Å². The van der Waals surface area contributed by atoms with Gasteiger partial charge < -0.3 is 9.63 Å². The summed E-state index contributed by atoms with van der Waals surface area (Å²) in [5, 5.41) is 12.0. The van der Waals surface area contributed by atoms with Gasteiger partial charge in [0.2, 0.25) is 5.82 Å². The summed E-state index contributed by atoms with van der Waals surface area (Å²) in [5.41, 5.74) is 0.365. The third-order valence-electron chi connectivity index (χ3n) is 1.40. The van der Waals surface area contributed by atoms with Crippen molar-refractivity contribution in [3.63, 3.8) is 0 Å². The molecule has 0 spiro atoms. The van der Waals surface area contributed by atoms with Crippen molar-refractivity contribution < 1.29 is 14.4 Å². The topological polar surface area (TPSA) is 102 Å². The molecule has 0 saturated carbocycles. The Bertz CT molecular complexity index is 453. The molecule has 0 radical (unpaired) electrons. The lowest BCUT2D eigenvalue weighted by Crippen LogP contribution is -1.95. The van der Waals surface area contributed by atoms with Crippen molar-refractivity contribution in [1.82, 2.24) is 20.1 Å². The molecule has 0 aliphatic carbocycles. The van der Waals surface area contributed by atoms with Crippen LogP contribution in [-0.2, 0) is 0 Å². The number of carbonyl (C=O) groups is 1. The lowest BCUT2D eigenvalue weighted by molar-refractivity contribution is 0.0643. The molecule has 0 fully saturated rings. The highest BCUT2D eigenvalue weighted by Gasteiger charge is 2.14. The van der Waals surface area contributed by atoms with E-state index in [9.17, 15) is 4.79 Å². The fourth-order valence-electron chi connectivity index (χ4n) is 0.829. The van der Waals surface area contributed by atoms with Gasteiger partial charge >= 0.3 is 11.9 Å². The smallest absolute Gasteiger partial charge is 0.394 e. The molecule has 7 heteroatoms. The Labute approximate surface area is 77.4 Å². The molecule has 1 N–H and O–H groups in total. The van der Waals surface area contributed by atoms with Crippen molar-refractivity contribution >= 4 is 5.97 Å². The summed E-state index contributed by atoms with van der Waals surface area (Å²) in [7, 11) is 0. The van der Waals surface area contributed by atoms with Gasteiger partial charge in [-0.25, -0.2) is 9.78 Å². The number of aromatic nitrogens is 4. The molecule has 0 aliphatic heterocycles. The van der Waals surface area contributed by atoms with Crippen LogP contribution in [0, 0.1) is 0 Å². The van der Waals surface area contributed by atoms with Gasteiger partial charge in [-0.1, -0.05) is 5.16 Å². The first kappa shape index (κ1) is 8.30. The van der Waals surface area contributed by atoms with Crippen molar-refractivity contribution in [3.05, 3.63) is 24.5 Å². The Hall–Kier alpha value is -2.31. The predicted octanol–water partition coefficient (Wildman–Crippen LogP) is 0.225. The quantitative estimate of drug-likeness (QED) is 0.726. The van der Waals surface area contributed by atoms with E-state index in [1.165, 1.54) is 18.6 Å². The van der Waals surface area contributed by atoms with Crippen LogP contribution in [0.2, 0.25) is 0 Å². The lowest BCUT2D eigenvalue weighted by Gasteiger charge is -1.88. The van der Waals surface area contributed by atoms with Crippen LogP contribution in [0.3, 0.4) is 0 Å². The highest BCUT2D eigenvalue weighted by atomic mass is 16.5. The van der Waals surface area contributed by atoms with Gasteiger partial charge in [-0.2, -0.15) is 4.98 Å². The molecule has 0 bridgehead atoms. The van der Waals surface area contributed by atoms with Crippen LogP contribution in [0.1, 0.15) is 10.7 Å². The Balaban J connectivity index is 2.39. The summed E-state index contributed by atoms with van der Waals surface area (Å²) in [6.45, 7) is 0. The molecule has 2 heterocycles. The fourth-order valence-corrected chi connectivity index (χ4v) is 0.829. The molecule has 2 rings (SSSR count). The molecule has 2 aromatic rings. The van der Waals surface area contributed by atoms with Crippen LogP contribution in [0.5, 0.6) is 0 Å². The van der Waals surface area contributed by atoms with Gasteiger partial charge in [0.05, 0.1) is 6.20 Å². The van der Waals surface area contributed by atoms with Crippen LogP contribution in [0.25, 0.3) is 11.5 Å². The molecule has 70 valence electrons. The number of hydrogen-bond acceptors (Lipinski definition) is 6. The summed E-state index contributed by atoms with van der Waals surface area (Å²) in [6, 6.07) is 0. The number of carboxylic acid groups (broad SMARTS) is 1. The van der Waals surface area contributed by atoms with Gasteiger partial charge in [-0.3, -0.25) is 4.98 Å². The molecule has 2 aromatic heterocycles. The Morgan fingerprint density at radius 3 is 2.86 bits per heavy atom. The third kappa shape index (κ3) is 1.42. The molecular formula is C7H4N4O3. The van der Waals surface area contributed by atoms with E-state index in [1.807, 2.05) is 0 Å². The average molecular weight is 192 g/mol. The maximum atomic E-state index is 10.4. The van der Waals surface area contributed by atoms with E-state index in [0.29, 0.717) is 5.69 Å². The van der Waals surface area contributed by atoms with Crippen molar-refractivity contribution in [2.45, 2.75) is 0 Å². The van der Waals surface area contributed by atoms with Gasteiger partial charge in [0, 0.05) is 12.4 Å². The summed E-state index contributed by atoms with van der Waals surface area (Å²) >= 11 is 0. The van der Waals surface area contributed by atoms with Crippen LogP contribution in [0.15, 0.2) is 23.1 Å². The molecular weight excluding hydrogens is 188 g/mol. The van der Waals surface area contributed by atoms with Gasteiger partial charge in [0.1, 0.15) is 5.69 Å². The molecule has 0 aromatic carbocycles. The lowest BCUT2D eigenvalue weighted by atomic mass is 10.4. The molecule has 14 heavy (non-hydrogen) atoms. The zero-order valence-corrected chi connectivity index (χ0v) is 6.78. The van der Waals surface area contributed by atoms with E-state index in [2.05, 4.69) is 24.6 Å². The minimum Gasteiger partial charge on any atom is -0.474 e. The number of rotatable bonds is 2. The maximum absolute atomic E-state index is 10.4. The third-order valence-corrected chi connectivity index (χ3v) is 1.40. The standard InChI is InChI=1S/C7H4N4O3/c12-7(13)6-10-5(11-14-6)4-3-8-1-2-9-4/h1-3H,(H,12,13). The second kappa shape index (κ2) is 3.21. The van der Waals surface area contributed by atoms with E-state index in [0.717, 1.165) is 0 Å². The van der Waals surface area contributed by atoms with E-state index >= 15 is 0 Å². The SMILES string of the molecule is O=C(O)c1nc(-c2cnccn2)no1. The predicted molar refractivity (Wildman–Crippen MR) is 42.3 cm³/mol. The summed E-state index contributed by atoms with van der Waals surface area (Å²) in [5.74, 6) is -1.63. The van der Waals surface area contributed by atoms with E-state index in [1.54, 1.807) is 0 Å². The first-order valence-electron chi connectivity index (χ1n) is 3.61. The normalized spacial score (nSPS) is 10.0. The average Bonchev–Trinajstić information content (AvgIpc) is 2.68. The van der Waals surface area contributed by atoms with Crippen molar-refractivity contribution in [1.29, 1.82) is 0 Å². The molecule has 0 saturated heterocycles. The van der Waals surface area contributed by atoms with E-state index < -0.39 is 11.9 Å². The highest BCUT2D eigenvalue weighted by Crippen LogP contribution is 2.10. The second-order valence-corrected chi connectivity index (χ2v) is 2.32. The van der Waals surface area contributed by atoms with Crippen molar-refractivity contribution in [2.75, 3.05) is 0 Å². The van der Waals surface area contributed by atoms with Crippen LogP contribution in [-0.4, -0.2) is 31.2 Å². The summed E-state index contributed by atoms with van der Waals surface area (Å²) < 4.78 is 4.45. The van der Waals surface area contributed by atoms with E-state index in [4.69, 9.17) is 5.11 Å². The zero-order valence-electron chi connectivity index (χ0n) is 6.78. The van der Waals surface area contributed by atoms with Crippen molar-refractivity contribution in [2.24, 2.45) is 0 Å². The number of carboxylic acids is 1. The monoisotopic (exact) mass is 192 g/mol. The van der Waals surface area contributed by atoms with Crippen LogP contribution in [0.4, 0.5) is 0 Å². The Kier molecular flexibility index (Phi) is 1.90. The van der Waals surface area contributed by atoms with Crippen molar-refractivity contribution in [3.8, 4) is 11.5 Å².